The minimum atomic E-state index is -4.17. The van der Waals surface area contributed by atoms with Gasteiger partial charge in [-0.1, -0.05) is 29.8 Å². The maximum Gasteiger partial charge on any atom is 0.421 e. The first-order valence-electron chi connectivity index (χ1n) is 10.6. The highest BCUT2D eigenvalue weighted by Gasteiger charge is 2.28. The van der Waals surface area contributed by atoms with Gasteiger partial charge < -0.3 is 10.8 Å². The van der Waals surface area contributed by atoms with E-state index in [1.807, 2.05) is 51.1 Å². The number of amides is 1. The van der Waals surface area contributed by atoms with Crippen molar-refractivity contribution in [3.05, 3.63) is 77.0 Å². The molecule has 0 aliphatic heterocycles. The van der Waals surface area contributed by atoms with Gasteiger partial charge in [-0.3, -0.25) is 4.57 Å². The summed E-state index contributed by atoms with van der Waals surface area (Å²) >= 11 is 0. The molecule has 0 bridgehead atoms. The molecule has 2 heterocycles. The molecular weight excluding hydrogens is 454 g/mol. The average Bonchev–Trinajstić information content (AvgIpc) is 3.10. The lowest BCUT2D eigenvalue weighted by Crippen LogP contribution is -2.37. The molecule has 0 aliphatic carbocycles. The van der Waals surface area contributed by atoms with Gasteiger partial charge in [-0.25, -0.2) is 27.5 Å². The van der Waals surface area contributed by atoms with Crippen LogP contribution in [0.25, 0.3) is 16.9 Å². The van der Waals surface area contributed by atoms with Gasteiger partial charge in [0.05, 0.1) is 10.6 Å². The maximum atomic E-state index is 12.8. The zero-order valence-electron chi connectivity index (χ0n) is 19.1. The first-order chi connectivity index (χ1) is 16.1. The number of nitrogens with two attached hydrogens (primary N) is 1. The Morgan fingerprint density at radius 1 is 1.03 bits per heavy atom. The molecule has 9 nitrogen and oxygen atoms in total. The van der Waals surface area contributed by atoms with Crippen molar-refractivity contribution < 1.29 is 18.3 Å². The molecule has 0 aliphatic rings. The molecule has 10 heteroatoms. The van der Waals surface area contributed by atoms with E-state index in [0.29, 0.717) is 15.9 Å². The van der Waals surface area contributed by atoms with Crippen LogP contribution in [0.5, 0.6) is 0 Å². The summed E-state index contributed by atoms with van der Waals surface area (Å²) in [5.41, 5.74) is 11.8. The molecule has 0 radical (unpaired) electrons. The van der Waals surface area contributed by atoms with Gasteiger partial charge in [-0.05, 0) is 68.7 Å². The third-order valence-corrected chi connectivity index (χ3v) is 7.37. The number of anilines is 1. The molecule has 34 heavy (non-hydrogen) atoms. The number of aromatic nitrogens is 3. The van der Waals surface area contributed by atoms with Crippen LogP contribution < -0.4 is 5.73 Å². The Hall–Kier alpha value is -3.92. The van der Waals surface area contributed by atoms with E-state index in [4.69, 9.17) is 5.73 Å². The highest BCUT2D eigenvalue weighted by atomic mass is 32.2. The van der Waals surface area contributed by atoms with E-state index in [-0.39, 0.29) is 17.9 Å². The van der Waals surface area contributed by atoms with Gasteiger partial charge in [0.15, 0.2) is 5.65 Å². The molecule has 0 unspecified atom stereocenters. The predicted molar refractivity (Wildman–Crippen MR) is 130 cm³/mol. The maximum absolute atomic E-state index is 12.8. The van der Waals surface area contributed by atoms with Gasteiger partial charge in [-0.15, -0.1) is 0 Å². The van der Waals surface area contributed by atoms with Gasteiger partial charge in [0.1, 0.15) is 5.52 Å². The Bertz CT molecular complexity index is 1480. The zero-order chi connectivity index (χ0) is 24.6. The second-order valence-electron chi connectivity index (χ2n) is 8.15. The normalized spacial score (nSPS) is 11.6. The van der Waals surface area contributed by atoms with Crippen molar-refractivity contribution in [3.63, 3.8) is 0 Å². The second-order valence-corrected chi connectivity index (χ2v) is 10.0. The van der Waals surface area contributed by atoms with E-state index in [1.165, 1.54) is 12.1 Å². The molecule has 4 rings (SSSR count). The van der Waals surface area contributed by atoms with Gasteiger partial charge in [0.25, 0.3) is 10.0 Å². The van der Waals surface area contributed by atoms with Crippen LogP contribution >= 0.6 is 0 Å². The monoisotopic (exact) mass is 479 g/mol. The summed E-state index contributed by atoms with van der Waals surface area (Å²) in [5, 5.41) is 9.56. The number of nitrogens with zero attached hydrogens (tertiary/aromatic N) is 4. The lowest BCUT2D eigenvalue weighted by atomic mass is 10.1. The van der Waals surface area contributed by atoms with Crippen LogP contribution in [0, 0.1) is 20.8 Å². The molecule has 0 spiro atoms. The highest BCUT2D eigenvalue weighted by molar-refractivity contribution is 7.89. The van der Waals surface area contributed by atoms with E-state index in [9.17, 15) is 18.3 Å². The number of imidazole rings is 1. The van der Waals surface area contributed by atoms with Crippen molar-refractivity contribution in [1.29, 1.82) is 0 Å². The van der Waals surface area contributed by atoms with Gasteiger partial charge >= 0.3 is 6.09 Å². The fourth-order valence-corrected chi connectivity index (χ4v) is 5.10. The van der Waals surface area contributed by atoms with Crippen LogP contribution in [-0.2, 0) is 16.4 Å². The summed E-state index contributed by atoms with van der Waals surface area (Å²) < 4.78 is 27.9. The number of hydrogen-bond donors (Lipinski definition) is 2. The number of pyridine rings is 1. The van der Waals surface area contributed by atoms with Crippen LogP contribution in [0.4, 0.5) is 10.7 Å². The van der Waals surface area contributed by atoms with Crippen molar-refractivity contribution in [2.24, 2.45) is 0 Å². The van der Waals surface area contributed by atoms with Gasteiger partial charge in [0.2, 0.25) is 5.95 Å². The van der Waals surface area contributed by atoms with Crippen LogP contribution in [-0.4, -0.2) is 45.0 Å². The van der Waals surface area contributed by atoms with Crippen molar-refractivity contribution in [2.45, 2.75) is 32.1 Å². The number of sulfonamides is 1. The number of carbonyl (C=O) groups is 1. The van der Waals surface area contributed by atoms with E-state index < -0.39 is 16.1 Å². The second kappa shape index (κ2) is 8.79. The van der Waals surface area contributed by atoms with Crippen molar-refractivity contribution in [3.8, 4) is 5.69 Å². The SMILES string of the molecule is Cc1ccc(S(=O)(=O)N(CCc2ccc(-n3c(N)nc4c(C)cc(C)nc43)cc2)C(=O)O)cc1. The topological polar surface area (TPSA) is 131 Å². The zero-order valence-corrected chi connectivity index (χ0v) is 19.9. The van der Waals surface area contributed by atoms with Crippen molar-refractivity contribution >= 4 is 33.2 Å². The summed E-state index contributed by atoms with van der Waals surface area (Å²) in [4.78, 5) is 20.7. The number of benzene rings is 2. The number of hydrogen-bond acceptors (Lipinski definition) is 6. The van der Waals surface area contributed by atoms with Crippen LogP contribution in [0.15, 0.2) is 59.5 Å². The van der Waals surface area contributed by atoms with Crippen LogP contribution in [0.1, 0.15) is 22.4 Å². The molecule has 0 fully saturated rings. The Morgan fingerprint density at radius 3 is 2.29 bits per heavy atom. The Kier molecular flexibility index (Phi) is 6.01. The highest BCUT2D eigenvalue weighted by Crippen LogP contribution is 2.25. The fourth-order valence-electron chi connectivity index (χ4n) is 3.83. The van der Waals surface area contributed by atoms with E-state index >= 15 is 0 Å². The van der Waals surface area contributed by atoms with E-state index in [0.717, 1.165) is 33.6 Å². The molecule has 0 saturated heterocycles. The summed E-state index contributed by atoms with van der Waals surface area (Å²) in [6.45, 7) is 5.48. The number of nitrogen functional groups attached to an aromatic ring is 1. The van der Waals surface area contributed by atoms with Crippen molar-refractivity contribution in [2.75, 3.05) is 12.3 Å². The molecule has 1 amide bonds. The fraction of sp³-hybridized carbons (Fsp3) is 0.208. The predicted octanol–water partition coefficient (Wildman–Crippen LogP) is 3.84. The molecule has 0 saturated carbocycles. The lowest BCUT2D eigenvalue weighted by Gasteiger charge is -2.19. The molecule has 3 N–H and O–H groups in total. The minimum Gasteiger partial charge on any atom is -0.464 e. The molecule has 176 valence electrons. The summed E-state index contributed by atoms with van der Waals surface area (Å²) in [6.07, 6.45) is -1.31. The first kappa shape index (κ1) is 23.2. The summed E-state index contributed by atoms with van der Waals surface area (Å²) in [7, 11) is -4.17. The number of aryl methyl sites for hydroxylation is 3. The Labute approximate surface area is 197 Å². The molecule has 0 atom stereocenters. The first-order valence-corrected chi connectivity index (χ1v) is 12.1. The smallest absolute Gasteiger partial charge is 0.421 e. The number of rotatable bonds is 6. The molecule has 4 aromatic rings. The Morgan fingerprint density at radius 2 is 1.68 bits per heavy atom. The van der Waals surface area contributed by atoms with Crippen LogP contribution in [0.2, 0.25) is 0 Å². The largest absolute Gasteiger partial charge is 0.464 e. The minimum absolute atomic E-state index is 0.0589. The van der Waals surface area contributed by atoms with Crippen LogP contribution in [0.3, 0.4) is 0 Å². The van der Waals surface area contributed by atoms with Crippen molar-refractivity contribution in [1.82, 2.24) is 18.8 Å². The third-order valence-electron chi connectivity index (χ3n) is 5.58. The standard InChI is InChI=1S/C24H25N5O4S/c1-15-4-10-20(11-5-15)34(32,33)28(24(30)31)13-12-18-6-8-19(9-7-18)29-22-21(27-23(29)25)16(2)14-17(3)26-22/h4-11,14H,12-13H2,1-3H3,(H2,25,27)(H,30,31). The van der Waals surface area contributed by atoms with E-state index in [1.54, 1.807) is 16.7 Å². The summed E-state index contributed by atoms with van der Waals surface area (Å²) in [6, 6.07) is 15.3. The van der Waals surface area contributed by atoms with Gasteiger partial charge in [0, 0.05) is 12.2 Å². The van der Waals surface area contributed by atoms with E-state index in [2.05, 4.69) is 9.97 Å². The lowest BCUT2D eigenvalue weighted by molar-refractivity contribution is 0.172. The molecular formula is C24H25N5O4S. The Balaban J connectivity index is 1.57. The van der Waals surface area contributed by atoms with Gasteiger partial charge in [-0.2, -0.15) is 0 Å². The number of carboxylic acid groups (broad SMARTS) is 1. The summed E-state index contributed by atoms with van der Waals surface area (Å²) in [5.74, 6) is 0.310. The molecule has 2 aromatic carbocycles. The number of fused-ring (bicyclic) bond motifs is 1. The quantitative estimate of drug-likeness (QED) is 0.429. The average molecular weight is 480 g/mol. The third kappa shape index (κ3) is 4.32. The molecule has 2 aromatic heterocycles.